The first kappa shape index (κ1) is 15.9. The summed E-state index contributed by atoms with van der Waals surface area (Å²) in [5.74, 6) is 0.200. The highest BCUT2D eigenvalue weighted by Gasteiger charge is 2.20. The molecule has 1 aliphatic rings. The Bertz CT molecular complexity index is 478. The van der Waals surface area contributed by atoms with Gasteiger partial charge in [-0.15, -0.1) is 11.8 Å². The highest BCUT2D eigenvalue weighted by molar-refractivity contribution is 8.00. The smallest absolute Gasteiger partial charge is 0.222 e. The molecule has 5 heteroatoms. The van der Waals surface area contributed by atoms with E-state index >= 15 is 0 Å². The first-order chi connectivity index (χ1) is 10.1. The van der Waals surface area contributed by atoms with E-state index in [0.717, 1.165) is 13.0 Å². The van der Waals surface area contributed by atoms with Crippen LogP contribution in [0.1, 0.15) is 26.2 Å². The summed E-state index contributed by atoms with van der Waals surface area (Å²) in [5, 5.41) is 3.27. The third kappa shape index (κ3) is 5.42. The molecular formula is C16H22N2O2S. The summed E-state index contributed by atoms with van der Waals surface area (Å²) in [6.45, 7) is 4.09. The minimum Gasteiger partial charge on any atom is -0.355 e. The number of benzene rings is 1. The Morgan fingerprint density at radius 3 is 2.81 bits per heavy atom. The van der Waals surface area contributed by atoms with Crippen molar-refractivity contribution in [3.63, 3.8) is 0 Å². The summed E-state index contributed by atoms with van der Waals surface area (Å²) < 4.78 is 0. The molecule has 1 aromatic carbocycles. The lowest BCUT2D eigenvalue weighted by atomic mass is 10.3. The van der Waals surface area contributed by atoms with Crippen LogP contribution in [-0.2, 0) is 9.59 Å². The van der Waals surface area contributed by atoms with Crippen LogP contribution in [0.2, 0.25) is 0 Å². The zero-order valence-corrected chi connectivity index (χ0v) is 13.2. The number of hydrogen-bond donors (Lipinski definition) is 1. The Hall–Kier alpha value is -1.49. The summed E-state index contributed by atoms with van der Waals surface area (Å²) >= 11 is 1.75. The van der Waals surface area contributed by atoms with E-state index in [1.54, 1.807) is 16.7 Å². The summed E-state index contributed by atoms with van der Waals surface area (Å²) in [7, 11) is 0. The molecule has 21 heavy (non-hydrogen) atoms. The van der Waals surface area contributed by atoms with E-state index < -0.39 is 0 Å². The first-order valence-corrected chi connectivity index (χ1v) is 8.29. The molecule has 0 spiro atoms. The average Bonchev–Trinajstić information content (AvgIpc) is 2.89. The Kier molecular flexibility index (Phi) is 6.11. The van der Waals surface area contributed by atoms with E-state index in [-0.39, 0.29) is 11.8 Å². The van der Waals surface area contributed by atoms with Gasteiger partial charge in [0, 0.05) is 42.6 Å². The Labute approximate surface area is 130 Å². The van der Waals surface area contributed by atoms with Crippen molar-refractivity contribution >= 4 is 23.6 Å². The number of carbonyl (C=O) groups excluding carboxylic acids is 2. The van der Waals surface area contributed by atoms with Gasteiger partial charge in [-0.1, -0.05) is 25.1 Å². The second-order valence-corrected chi connectivity index (χ2v) is 6.79. The van der Waals surface area contributed by atoms with Crippen LogP contribution >= 0.6 is 11.8 Å². The van der Waals surface area contributed by atoms with Gasteiger partial charge < -0.3 is 10.2 Å². The Balaban J connectivity index is 1.63. The maximum Gasteiger partial charge on any atom is 0.222 e. The Morgan fingerprint density at radius 2 is 2.14 bits per heavy atom. The van der Waals surface area contributed by atoms with Crippen LogP contribution in [0.15, 0.2) is 35.2 Å². The van der Waals surface area contributed by atoms with Gasteiger partial charge in [0.2, 0.25) is 11.8 Å². The molecule has 1 fully saturated rings. The van der Waals surface area contributed by atoms with E-state index in [4.69, 9.17) is 0 Å². The molecule has 2 amide bonds. The number of thioether (sulfide) groups is 1. The lowest BCUT2D eigenvalue weighted by Crippen LogP contribution is -2.34. The molecule has 1 saturated heterocycles. The largest absolute Gasteiger partial charge is 0.355 e. The van der Waals surface area contributed by atoms with Crippen molar-refractivity contribution in [1.82, 2.24) is 10.2 Å². The van der Waals surface area contributed by atoms with Gasteiger partial charge in [-0.25, -0.2) is 0 Å². The highest BCUT2D eigenvalue weighted by atomic mass is 32.2. The minimum absolute atomic E-state index is 0.0233. The molecule has 1 N–H and O–H groups in total. The molecule has 0 aliphatic carbocycles. The summed E-state index contributed by atoms with van der Waals surface area (Å²) in [5.41, 5.74) is 0. The van der Waals surface area contributed by atoms with Crippen molar-refractivity contribution in [2.75, 3.05) is 19.6 Å². The number of likely N-dealkylation sites (tertiary alicyclic amines) is 1. The van der Waals surface area contributed by atoms with Gasteiger partial charge in [0.1, 0.15) is 0 Å². The summed E-state index contributed by atoms with van der Waals surface area (Å²) in [6, 6.07) is 10.2. The van der Waals surface area contributed by atoms with Gasteiger partial charge in [-0.3, -0.25) is 9.59 Å². The van der Waals surface area contributed by atoms with Gasteiger partial charge in [0.15, 0.2) is 0 Å². The fraction of sp³-hybridized carbons (Fsp3) is 0.500. The van der Waals surface area contributed by atoms with Crippen LogP contribution in [0.4, 0.5) is 0 Å². The quantitative estimate of drug-likeness (QED) is 0.786. The van der Waals surface area contributed by atoms with E-state index in [1.807, 2.05) is 18.2 Å². The van der Waals surface area contributed by atoms with Crippen molar-refractivity contribution in [3.8, 4) is 0 Å². The zero-order chi connectivity index (χ0) is 15.1. The molecule has 0 aromatic heterocycles. The topological polar surface area (TPSA) is 49.4 Å². The van der Waals surface area contributed by atoms with Crippen LogP contribution in [0.25, 0.3) is 0 Å². The molecule has 0 bridgehead atoms. The second-order valence-electron chi connectivity index (χ2n) is 5.28. The van der Waals surface area contributed by atoms with Crippen LogP contribution in [0.3, 0.4) is 0 Å². The lowest BCUT2D eigenvalue weighted by molar-refractivity contribution is -0.128. The normalized spacial score (nSPS) is 16.0. The molecule has 1 aliphatic heterocycles. The highest BCUT2D eigenvalue weighted by Crippen LogP contribution is 2.21. The van der Waals surface area contributed by atoms with Crippen LogP contribution in [0.5, 0.6) is 0 Å². The summed E-state index contributed by atoms with van der Waals surface area (Å²) in [6.07, 6.45) is 1.95. The molecule has 4 nitrogen and oxygen atoms in total. The van der Waals surface area contributed by atoms with Crippen molar-refractivity contribution in [1.29, 1.82) is 0 Å². The van der Waals surface area contributed by atoms with Crippen molar-refractivity contribution in [2.24, 2.45) is 0 Å². The number of nitrogens with one attached hydrogen (secondary N) is 1. The van der Waals surface area contributed by atoms with E-state index in [0.29, 0.717) is 31.2 Å². The number of rotatable bonds is 7. The molecule has 0 unspecified atom stereocenters. The van der Waals surface area contributed by atoms with E-state index in [2.05, 4.69) is 24.4 Å². The maximum absolute atomic E-state index is 11.8. The molecular weight excluding hydrogens is 284 g/mol. The van der Waals surface area contributed by atoms with Crippen LogP contribution in [-0.4, -0.2) is 41.6 Å². The molecule has 1 atom stereocenters. The predicted molar refractivity (Wildman–Crippen MR) is 85.2 cm³/mol. The third-order valence-corrected chi connectivity index (χ3v) is 4.56. The van der Waals surface area contributed by atoms with Crippen LogP contribution in [0, 0.1) is 0 Å². The van der Waals surface area contributed by atoms with E-state index in [9.17, 15) is 9.59 Å². The van der Waals surface area contributed by atoms with Crippen LogP contribution < -0.4 is 5.32 Å². The Morgan fingerprint density at radius 1 is 1.38 bits per heavy atom. The fourth-order valence-corrected chi connectivity index (χ4v) is 3.24. The molecule has 0 saturated carbocycles. The number of carbonyl (C=O) groups is 2. The number of nitrogens with zero attached hydrogens (tertiary/aromatic N) is 1. The van der Waals surface area contributed by atoms with Crippen molar-refractivity contribution in [3.05, 3.63) is 30.3 Å². The average molecular weight is 306 g/mol. The molecule has 2 rings (SSSR count). The van der Waals surface area contributed by atoms with Crippen molar-refractivity contribution < 1.29 is 9.59 Å². The van der Waals surface area contributed by atoms with Gasteiger partial charge in [-0.05, 0) is 18.6 Å². The zero-order valence-electron chi connectivity index (χ0n) is 12.4. The second kappa shape index (κ2) is 8.08. The van der Waals surface area contributed by atoms with Gasteiger partial charge in [-0.2, -0.15) is 0 Å². The molecule has 0 radical (unpaired) electrons. The van der Waals surface area contributed by atoms with Gasteiger partial charge >= 0.3 is 0 Å². The fourth-order valence-electron chi connectivity index (χ4n) is 2.30. The minimum atomic E-state index is 0.0233. The van der Waals surface area contributed by atoms with Gasteiger partial charge in [0.05, 0.1) is 0 Å². The number of hydrogen-bond acceptors (Lipinski definition) is 3. The standard InChI is InChI=1S/C16H22N2O2S/c1-13(21-14-6-3-2-4-7-14)12-17-15(19)9-11-18-10-5-8-16(18)20/h2-4,6-7,13H,5,8-12H2,1H3,(H,17,19)/t13-/m0/s1. The predicted octanol–water partition coefficient (Wildman–Crippen LogP) is 2.30. The molecule has 114 valence electrons. The van der Waals surface area contributed by atoms with Crippen molar-refractivity contribution in [2.45, 2.75) is 36.3 Å². The monoisotopic (exact) mass is 306 g/mol. The lowest BCUT2D eigenvalue weighted by Gasteiger charge is -2.16. The van der Waals surface area contributed by atoms with E-state index in [1.165, 1.54) is 4.90 Å². The van der Waals surface area contributed by atoms with Gasteiger partial charge in [0.25, 0.3) is 0 Å². The molecule has 1 heterocycles. The SMILES string of the molecule is C[C@@H](CNC(=O)CCN1CCCC1=O)Sc1ccccc1. The summed E-state index contributed by atoms with van der Waals surface area (Å²) in [4.78, 5) is 26.2. The third-order valence-electron chi connectivity index (χ3n) is 3.45. The number of amides is 2. The first-order valence-electron chi connectivity index (χ1n) is 7.41. The maximum atomic E-state index is 11.8. The molecule has 1 aromatic rings.